The molecule has 3 rings (SSSR count). The summed E-state index contributed by atoms with van der Waals surface area (Å²) in [4.78, 5) is 16.5. The van der Waals surface area contributed by atoms with Crippen molar-refractivity contribution in [3.05, 3.63) is 47.0 Å². The largest absolute Gasteiger partial charge is 0.374 e. The van der Waals surface area contributed by atoms with Crippen molar-refractivity contribution in [2.24, 2.45) is 0 Å². The van der Waals surface area contributed by atoms with Crippen molar-refractivity contribution in [3.8, 4) is 0 Å². The number of benzene rings is 1. The van der Waals surface area contributed by atoms with E-state index in [4.69, 9.17) is 5.73 Å². The number of nitrogen functional groups attached to an aromatic ring is 1. The van der Waals surface area contributed by atoms with Gasteiger partial charge in [0.25, 0.3) is 0 Å². The van der Waals surface area contributed by atoms with Crippen molar-refractivity contribution in [1.29, 1.82) is 0 Å². The van der Waals surface area contributed by atoms with Gasteiger partial charge in [-0.2, -0.15) is 0 Å². The number of amides is 1. The predicted molar refractivity (Wildman–Crippen MR) is 96.5 cm³/mol. The van der Waals surface area contributed by atoms with Crippen molar-refractivity contribution < 1.29 is 4.79 Å². The molecule has 1 aliphatic rings. The lowest BCUT2D eigenvalue weighted by Crippen LogP contribution is -2.49. The maximum absolute atomic E-state index is 12.3. The fraction of sp³-hybridized carbons (Fsp3) is 0.353. The van der Waals surface area contributed by atoms with Crippen LogP contribution < -0.4 is 5.73 Å². The average molecular weight is 343 g/mol. The van der Waals surface area contributed by atoms with E-state index in [-0.39, 0.29) is 5.91 Å². The Morgan fingerprint density at radius 2 is 1.92 bits per heavy atom. The van der Waals surface area contributed by atoms with Gasteiger partial charge in [-0.15, -0.1) is 10.2 Å². The fourth-order valence-electron chi connectivity index (χ4n) is 2.66. The SMILES string of the molecule is Nc1nnc(CC(=O)N2CCN(C/C=C/c3ccccc3)CC2)s1. The van der Waals surface area contributed by atoms with Crippen LogP contribution in [0.2, 0.25) is 0 Å². The number of nitrogens with two attached hydrogens (primary N) is 1. The third-order valence-electron chi connectivity index (χ3n) is 3.98. The summed E-state index contributed by atoms with van der Waals surface area (Å²) in [6.07, 6.45) is 4.61. The van der Waals surface area contributed by atoms with E-state index in [9.17, 15) is 4.79 Å². The summed E-state index contributed by atoms with van der Waals surface area (Å²) in [5.74, 6) is 0.102. The summed E-state index contributed by atoms with van der Waals surface area (Å²) in [7, 11) is 0. The zero-order chi connectivity index (χ0) is 16.8. The Morgan fingerprint density at radius 1 is 1.17 bits per heavy atom. The molecule has 1 aliphatic heterocycles. The number of piperazine rings is 1. The highest BCUT2D eigenvalue weighted by atomic mass is 32.1. The van der Waals surface area contributed by atoms with Crippen LogP contribution in [0.5, 0.6) is 0 Å². The van der Waals surface area contributed by atoms with Crippen LogP contribution in [-0.4, -0.2) is 58.6 Å². The highest BCUT2D eigenvalue weighted by Gasteiger charge is 2.21. The van der Waals surface area contributed by atoms with E-state index in [0.29, 0.717) is 16.6 Å². The van der Waals surface area contributed by atoms with E-state index in [0.717, 1.165) is 32.7 Å². The minimum Gasteiger partial charge on any atom is -0.374 e. The fourth-order valence-corrected chi connectivity index (χ4v) is 3.26. The summed E-state index contributed by atoms with van der Waals surface area (Å²) in [6.45, 7) is 4.20. The van der Waals surface area contributed by atoms with Crippen molar-refractivity contribution in [3.63, 3.8) is 0 Å². The second-order valence-corrected chi connectivity index (χ2v) is 6.80. The molecule has 1 fully saturated rings. The Labute approximate surface area is 145 Å². The highest BCUT2D eigenvalue weighted by Crippen LogP contribution is 2.13. The number of hydrogen-bond acceptors (Lipinski definition) is 6. The van der Waals surface area contributed by atoms with E-state index in [1.807, 2.05) is 23.1 Å². The molecular formula is C17H21N5OS. The van der Waals surface area contributed by atoms with Crippen LogP contribution >= 0.6 is 11.3 Å². The first kappa shape index (κ1) is 16.6. The molecule has 6 nitrogen and oxygen atoms in total. The van der Waals surface area contributed by atoms with Gasteiger partial charge in [-0.05, 0) is 5.56 Å². The lowest BCUT2D eigenvalue weighted by molar-refractivity contribution is -0.132. The molecule has 24 heavy (non-hydrogen) atoms. The van der Waals surface area contributed by atoms with E-state index < -0.39 is 0 Å². The molecule has 0 saturated carbocycles. The lowest BCUT2D eigenvalue weighted by atomic mass is 10.2. The molecule has 0 aliphatic carbocycles. The molecule has 0 spiro atoms. The van der Waals surface area contributed by atoms with E-state index in [1.165, 1.54) is 16.9 Å². The first-order valence-corrected chi connectivity index (χ1v) is 8.82. The van der Waals surface area contributed by atoms with Gasteiger partial charge in [-0.1, -0.05) is 53.8 Å². The second kappa shape index (κ2) is 8.03. The summed E-state index contributed by atoms with van der Waals surface area (Å²) >= 11 is 1.28. The number of nitrogens with zero attached hydrogens (tertiary/aromatic N) is 4. The number of anilines is 1. The Bertz CT molecular complexity index is 692. The van der Waals surface area contributed by atoms with Gasteiger partial charge in [0.05, 0.1) is 6.42 Å². The van der Waals surface area contributed by atoms with Crippen LogP contribution in [0.25, 0.3) is 6.08 Å². The molecule has 2 aromatic rings. The second-order valence-electron chi connectivity index (χ2n) is 5.71. The lowest BCUT2D eigenvalue weighted by Gasteiger charge is -2.34. The Kier molecular flexibility index (Phi) is 5.55. The van der Waals surface area contributed by atoms with Crippen LogP contribution in [0, 0.1) is 0 Å². The van der Waals surface area contributed by atoms with Gasteiger partial charge < -0.3 is 10.6 Å². The Morgan fingerprint density at radius 3 is 2.58 bits per heavy atom. The number of carbonyl (C=O) groups excluding carboxylic acids is 1. The average Bonchev–Trinajstić information content (AvgIpc) is 3.01. The third-order valence-corrected chi connectivity index (χ3v) is 4.74. The standard InChI is InChI=1S/C17H21N5OS/c18-17-20-19-15(24-17)13-16(23)22-11-9-21(10-12-22)8-4-7-14-5-2-1-3-6-14/h1-7H,8-13H2,(H2,18,20)/b7-4+. The number of aromatic nitrogens is 2. The van der Waals surface area contributed by atoms with Gasteiger partial charge in [0.15, 0.2) is 0 Å². The molecule has 0 atom stereocenters. The number of rotatable bonds is 5. The van der Waals surface area contributed by atoms with Crippen LogP contribution in [-0.2, 0) is 11.2 Å². The zero-order valence-electron chi connectivity index (χ0n) is 13.5. The summed E-state index contributed by atoms with van der Waals surface area (Å²) in [6, 6.07) is 10.3. The van der Waals surface area contributed by atoms with Crippen LogP contribution in [0.4, 0.5) is 5.13 Å². The molecule has 2 N–H and O–H groups in total. The zero-order valence-corrected chi connectivity index (χ0v) is 14.3. The molecule has 1 aromatic heterocycles. The molecule has 2 heterocycles. The quantitative estimate of drug-likeness (QED) is 0.891. The molecule has 0 bridgehead atoms. The minimum atomic E-state index is 0.102. The first-order valence-electron chi connectivity index (χ1n) is 8.00. The van der Waals surface area contributed by atoms with E-state index in [2.05, 4.69) is 39.4 Å². The van der Waals surface area contributed by atoms with Crippen LogP contribution in [0.1, 0.15) is 10.6 Å². The smallest absolute Gasteiger partial charge is 0.229 e. The maximum atomic E-state index is 12.3. The monoisotopic (exact) mass is 343 g/mol. The Balaban J connectivity index is 1.42. The van der Waals surface area contributed by atoms with Gasteiger partial charge in [-0.3, -0.25) is 9.69 Å². The predicted octanol–water partition coefficient (Wildman–Crippen LogP) is 1.52. The number of hydrogen-bond donors (Lipinski definition) is 1. The van der Waals surface area contributed by atoms with E-state index in [1.54, 1.807) is 0 Å². The summed E-state index contributed by atoms with van der Waals surface area (Å²) in [5, 5.41) is 8.75. The molecule has 7 heteroatoms. The molecule has 1 saturated heterocycles. The Hall–Kier alpha value is -2.25. The molecular weight excluding hydrogens is 322 g/mol. The van der Waals surface area contributed by atoms with E-state index >= 15 is 0 Å². The van der Waals surface area contributed by atoms with Gasteiger partial charge >= 0.3 is 0 Å². The molecule has 1 aromatic carbocycles. The van der Waals surface area contributed by atoms with Gasteiger partial charge in [0, 0.05) is 32.7 Å². The van der Waals surface area contributed by atoms with Gasteiger partial charge in [-0.25, -0.2) is 0 Å². The van der Waals surface area contributed by atoms with Crippen LogP contribution in [0.15, 0.2) is 36.4 Å². The van der Waals surface area contributed by atoms with Crippen molar-refractivity contribution in [1.82, 2.24) is 20.0 Å². The minimum absolute atomic E-state index is 0.102. The summed E-state index contributed by atoms with van der Waals surface area (Å²) in [5.41, 5.74) is 6.76. The highest BCUT2D eigenvalue weighted by molar-refractivity contribution is 7.15. The molecule has 0 unspecified atom stereocenters. The first-order chi connectivity index (χ1) is 11.7. The topological polar surface area (TPSA) is 75.3 Å². The number of carbonyl (C=O) groups is 1. The third kappa shape index (κ3) is 4.62. The van der Waals surface area contributed by atoms with Gasteiger partial charge in [0.2, 0.25) is 11.0 Å². The summed E-state index contributed by atoms with van der Waals surface area (Å²) < 4.78 is 0. The van der Waals surface area contributed by atoms with Crippen molar-refractivity contribution in [2.45, 2.75) is 6.42 Å². The normalized spacial score (nSPS) is 15.9. The maximum Gasteiger partial charge on any atom is 0.229 e. The van der Waals surface area contributed by atoms with Crippen molar-refractivity contribution in [2.75, 3.05) is 38.5 Å². The van der Waals surface area contributed by atoms with Gasteiger partial charge in [0.1, 0.15) is 5.01 Å². The molecule has 0 radical (unpaired) electrons. The molecule has 1 amide bonds. The molecule has 126 valence electrons. The van der Waals surface area contributed by atoms with Crippen LogP contribution in [0.3, 0.4) is 0 Å². The van der Waals surface area contributed by atoms with Crippen molar-refractivity contribution >= 4 is 28.5 Å².